The first-order chi connectivity index (χ1) is 12.9. The van der Waals surface area contributed by atoms with Gasteiger partial charge in [-0.1, -0.05) is 18.2 Å². The third-order valence-corrected chi connectivity index (χ3v) is 5.30. The van der Waals surface area contributed by atoms with Crippen LogP contribution in [0.15, 0.2) is 36.4 Å². The average Bonchev–Trinajstić information content (AvgIpc) is 2.62. The van der Waals surface area contributed by atoms with Gasteiger partial charge in [-0.3, -0.25) is 4.55 Å². The van der Waals surface area contributed by atoms with E-state index in [1.54, 1.807) is 12.1 Å². The van der Waals surface area contributed by atoms with Gasteiger partial charge in [0.25, 0.3) is 0 Å². The highest BCUT2D eigenvalue weighted by atomic mass is 32.2. The maximum atomic E-state index is 15.0. The van der Waals surface area contributed by atoms with E-state index in [9.17, 15) is 13.0 Å². The summed E-state index contributed by atoms with van der Waals surface area (Å²) in [6.45, 7) is 1.14. The molecule has 27 heavy (non-hydrogen) atoms. The summed E-state index contributed by atoms with van der Waals surface area (Å²) in [5.41, 5.74) is 0.733. The van der Waals surface area contributed by atoms with Gasteiger partial charge in [0.2, 0.25) is 11.3 Å². The normalized spacial score (nSPS) is 21.2. The first kappa shape index (κ1) is 20.0. The Labute approximate surface area is 158 Å². The highest BCUT2D eigenvalue weighted by molar-refractivity contribution is 7.77. The Morgan fingerprint density at radius 1 is 1.19 bits per heavy atom. The fraction of sp³-hybridized carbons (Fsp3) is 0.368. The van der Waals surface area contributed by atoms with E-state index < -0.39 is 28.7 Å². The van der Waals surface area contributed by atoms with Crippen molar-refractivity contribution in [1.82, 2.24) is 10.0 Å². The van der Waals surface area contributed by atoms with Crippen molar-refractivity contribution in [2.24, 2.45) is 5.92 Å². The van der Waals surface area contributed by atoms with Crippen LogP contribution in [0.1, 0.15) is 18.4 Å². The van der Waals surface area contributed by atoms with Crippen molar-refractivity contribution in [3.8, 4) is 11.1 Å². The Bertz CT molecular complexity index is 814. The van der Waals surface area contributed by atoms with Crippen molar-refractivity contribution < 1.29 is 21.9 Å². The van der Waals surface area contributed by atoms with Crippen LogP contribution in [0.25, 0.3) is 11.1 Å². The molecule has 3 N–H and O–H groups in total. The first-order valence-electron chi connectivity index (χ1n) is 8.75. The second-order valence-corrected chi connectivity index (χ2v) is 7.49. The number of rotatable bonds is 6. The van der Waals surface area contributed by atoms with Crippen LogP contribution in [-0.2, 0) is 17.7 Å². The molecule has 1 aliphatic heterocycles. The molecule has 3 atom stereocenters. The van der Waals surface area contributed by atoms with E-state index in [-0.39, 0.29) is 23.1 Å². The molecule has 4 nitrogen and oxygen atoms in total. The van der Waals surface area contributed by atoms with Crippen molar-refractivity contribution in [2.45, 2.75) is 25.3 Å². The molecule has 3 rings (SSSR count). The van der Waals surface area contributed by atoms with E-state index in [2.05, 4.69) is 10.0 Å². The Kier molecular flexibility index (Phi) is 6.64. The van der Waals surface area contributed by atoms with Crippen molar-refractivity contribution in [1.29, 1.82) is 0 Å². The maximum absolute atomic E-state index is 15.0. The summed E-state index contributed by atoms with van der Waals surface area (Å²) in [5, 5.41) is 3.34. The molecule has 1 fully saturated rings. The Morgan fingerprint density at radius 3 is 2.63 bits per heavy atom. The SMILES string of the molecule is O=S(O)NCC1CCCNC1Cc1cccc(-c2cc(F)cc(F)c2)c1F. The smallest absolute Gasteiger partial charge is 0.231 e. The number of benzene rings is 2. The topological polar surface area (TPSA) is 61.4 Å². The van der Waals surface area contributed by atoms with E-state index in [0.29, 0.717) is 18.5 Å². The lowest BCUT2D eigenvalue weighted by atomic mass is 9.86. The van der Waals surface area contributed by atoms with Crippen LogP contribution in [0.5, 0.6) is 0 Å². The summed E-state index contributed by atoms with van der Waals surface area (Å²) in [5.74, 6) is -1.95. The molecule has 1 heterocycles. The standard InChI is InChI=1S/C19H21F3N2O2S/c20-15-7-14(8-16(21)10-15)17-5-1-3-12(19(17)22)9-18-13(4-2-6-23-18)11-24-27(25)26/h1,3,5,7-8,10,13,18,23-24H,2,4,6,9,11H2,(H,25,26). The molecule has 1 aliphatic rings. The van der Waals surface area contributed by atoms with E-state index in [4.69, 9.17) is 4.55 Å². The first-order valence-corrected chi connectivity index (χ1v) is 9.86. The highest BCUT2D eigenvalue weighted by Gasteiger charge is 2.26. The molecular weight excluding hydrogens is 377 g/mol. The molecule has 0 amide bonds. The predicted molar refractivity (Wildman–Crippen MR) is 98.7 cm³/mol. The second-order valence-electron chi connectivity index (χ2n) is 6.70. The van der Waals surface area contributed by atoms with Crippen molar-refractivity contribution >= 4 is 11.3 Å². The molecule has 2 aromatic carbocycles. The van der Waals surface area contributed by atoms with Crippen LogP contribution in [-0.4, -0.2) is 27.9 Å². The van der Waals surface area contributed by atoms with Gasteiger partial charge in [-0.25, -0.2) is 22.1 Å². The van der Waals surface area contributed by atoms with Gasteiger partial charge < -0.3 is 5.32 Å². The van der Waals surface area contributed by atoms with E-state index in [1.165, 1.54) is 6.07 Å². The minimum atomic E-state index is -2.09. The fourth-order valence-corrected chi connectivity index (χ4v) is 3.94. The third-order valence-electron chi connectivity index (χ3n) is 4.89. The number of nitrogens with one attached hydrogen (secondary N) is 2. The molecule has 1 saturated heterocycles. The van der Waals surface area contributed by atoms with E-state index in [0.717, 1.165) is 37.6 Å². The molecule has 0 aliphatic carbocycles. The van der Waals surface area contributed by atoms with Crippen LogP contribution in [0.2, 0.25) is 0 Å². The number of hydrogen-bond acceptors (Lipinski definition) is 2. The number of piperidine rings is 1. The van der Waals surface area contributed by atoms with Gasteiger partial charge in [0.15, 0.2) is 0 Å². The summed E-state index contributed by atoms with van der Waals surface area (Å²) < 4.78 is 64.3. The zero-order valence-electron chi connectivity index (χ0n) is 14.6. The van der Waals surface area contributed by atoms with Crippen LogP contribution >= 0.6 is 0 Å². The Hall–Kier alpha value is -1.74. The second kappa shape index (κ2) is 8.97. The van der Waals surface area contributed by atoms with Crippen LogP contribution in [0.4, 0.5) is 13.2 Å². The van der Waals surface area contributed by atoms with E-state index >= 15 is 4.39 Å². The molecule has 0 saturated carbocycles. The lowest BCUT2D eigenvalue weighted by Crippen LogP contribution is -2.46. The zero-order chi connectivity index (χ0) is 19.4. The highest BCUT2D eigenvalue weighted by Crippen LogP contribution is 2.28. The minimum Gasteiger partial charge on any atom is -0.313 e. The summed E-state index contributed by atoms with van der Waals surface area (Å²) in [6, 6.07) is 7.70. The average molecular weight is 398 g/mol. The van der Waals surface area contributed by atoms with E-state index in [1.807, 2.05) is 0 Å². The van der Waals surface area contributed by atoms with Gasteiger partial charge in [-0.05, 0) is 55.0 Å². The summed E-state index contributed by atoms with van der Waals surface area (Å²) in [6.07, 6.45) is 2.17. The van der Waals surface area contributed by atoms with Gasteiger partial charge >= 0.3 is 0 Å². The monoisotopic (exact) mass is 398 g/mol. The van der Waals surface area contributed by atoms with Crippen LogP contribution in [0, 0.1) is 23.4 Å². The molecule has 0 radical (unpaired) electrons. The summed E-state index contributed by atoms with van der Waals surface area (Å²) in [7, 11) is 0. The van der Waals surface area contributed by atoms with Crippen molar-refractivity contribution in [3.05, 3.63) is 59.4 Å². The molecule has 146 valence electrons. The summed E-state index contributed by atoms with van der Waals surface area (Å²) >= 11 is -2.09. The van der Waals surface area contributed by atoms with Gasteiger partial charge in [-0.15, -0.1) is 0 Å². The Morgan fingerprint density at radius 2 is 1.93 bits per heavy atom. The molecule has 0 spiro atoms. The zero-order valence-corrected chi connectivity index (χ0v) is 15.4. The van der Waals surface area contributed by atoms with Gasteiger partial charge in [-0.2, -0.15) is 0 Å². The quantitative estimate of drug-likeness (QED) is 0.654. The Balaban J connectivity index is 1.83. The predicted octanol–water partition coefficient (Wildman–Crippen LogP) is 3.41. The lowest BCUT2D eigenvalue weighted by Gasteiger charge is -2.33. The molecule has 0 aromatic heterocycles. The molecule has 8 heteroatoms. The van der Waals surface area contributed by atoms with Gasteiger partial charge in [0, 0.05) is 24.2 Å². The summed E-state index contributed by atoms with van der Waals surface area (Å²) in [4.78, 5) is 0. The lowest BCUT2D eigenvalue weighted by molar-refractivity contribution is 0.276. The number of halogens is 3. The van der Waals surface area contributed by atoms with Gasteiger partial charge in [0.05, 0.1) is 0 Å². The maximum Gasteiger partial charge on any atom is 0.231 e. The van der Waals surface area contributed by atoms with Crippen LogP contribution in [0.3, 0.4) is 0 Å². The largest absolute Gasteiger partial charge is 0.313 e. The number of hydrogen-bond donors (Lipinski definition) is 3. The third kappa shape index (κ3) is 5.16. The van der Waals surface area contributed by atoms with Crippen LogP contribution < -0.4 is 10.0 Å². The fourth-order valence-electron chi connectivity index (χ4n) is 3.59. The van der Waals surface area contributed by atoms with Crippen molar-refractivity contribution in [2.75, 3.05) is 13.1 Å². The molecule has 0 bridgehead atoms. The van der Waals surface area contributed by atoms with Crippen molar-refractivity contribution in [3.63, 3.8) is 0 Å². The minimum absolute atomic E-state index is 0.0659. The molecule has 2 aromatic rings. The molecular formula is C19H21F3N2O2S. The van der Waals surface area contributed by atoms with Gasteiger partial charge in [0.1, 0.15) is 17.5 Å². The molecule has 3 unspecified atom stereocenters.